The lowest BCUT2D eigenvalue weighted by molar-refractivity contribution is -0.191. The zero-order chi connectivity index (χ0) is 15.7. The maximum atomic E-state index is 11.3. The molecule has 2 saturated heterocycles. The molecule has 2 rings (SSSR count). The fourth-order valence-corrected chi connectivity index (χ4v) is 1.65. The van der Waals surface area contributed by atoms with Crippen molar-refractivity contribution < 1.29 is 33.4 Å². The molecule has 8 nitrogen and oxygen atoms in total. The second kappa shape index (κ2) is 9.80. The highest BCUT2D eigenvalue weighted by atomic mass is 16.7. The van der Waals surface area contributed by atoms with Gasteiger partial charge in [0.15, 0.2) is 11.9 Å². The van der Waals surface area contributed by atoms with Crippen LogP contribution in [0, 0.1) is 0 Å². The molecule has 0 bridgehead atoms. The van der Waals surface area contributed by atoms with E-state index in [0.29, 0.717) is 39.6 Å². The van der Waals surface area contributed by atoms with E-state index in [1.165, 1.54) is 14.0 Å². The smallest absolute Gasteiger partial charge is 0.277 e. The van der Waals surface area contributed by atoms with Crippen LogP contribution < -0.4 is 0 Å². The van der Waals surface area contributed by atoms with Gasteiger partial charge in [0.25, 0.3) is 5.91 Å². The molecule has 0 aromatic carbocycles. The topological polar surface area (TPSA) is 83.5 Å². The Labute approximate surface area is 124 Å². The highest BCUT2D eigenvalue weighted by Crippen LogP contribution is 2.04. The van der Waals surface area contributed by atoms with Crippen LogP contribution in [0.5, 0.6) is 0 Å². The molecule has 21 heavy (non-hydrogen) atoms. The highest BCUT2D eigenvalue weighted by molar-refractivity contribution is 5.80. The fraction of sp³-hybridized carbons (Fsp3) is 0.846. The number of carbonyl (C=O) groups is 2. The van der Waals surface area contributed by atoms with Crippen LogP contribution in [-0.4, -0.2) is 82.8 Å². The summed E-state index contributed by atoms with van der Waals surface area (Å²) < 4.78 is 20.3. The van der Waals surface area contributed by atoms with Crippen molar-refractivity contribution in [2.24, 2.45) is 0 Å². The number of carbonyl (C=O) groups excluding carboxylic acids is 2. The van der Waals surface area contributed by atoms with Gasteiger partial charge in [-0.1, -0.05) is 0 Å². The first-order chi connectivity index (χ1) is 10.1. The Bertz CT molecular complexity index is 324. The van der Waals surface area contributed by atoms with Gasteiger partial charge in [0.05, 0.1) is 46.8 Å². The Hall–Kier alpha value is -1.06. The third kappa shape index (κ3) is 6.49. The molecule has 2 atom stereocenters. The number of hydrogen-bond acceptors (Lipinski definition) is 7. The summed E-state index contributed by atoms with van der Waals surface area (Å²) in [5, 5.41) is 1.14. The molecule has 122 valence electrons. The molecule has 1 amide bonds. The van der Waals surface area contributed by atoms with Crippen molar-refractivity contribution in [3.8, 4) is 0 Å². The van der Waals surface area contributed by atoms with E-state index in [4.69, 9.17) is 23.8 Å². The molecule has 0 aliphatic carbocycles. The fourth-order valence-electron chi connectivity index (χ4n) is 1.65. The van der Waals surface area contributed by atoms with Crippen molar-refractivity contribution in [2.45, 2.75) is 19.1 Å². The van der Waals surface area contributed by atoms with Crippen LogP contribution in [0.25, 0.3) is 0 Å². The number of likely N-dealkylation sites (N-methyl/N-ethyl adjacent to an activating group) is 1. The maximum absolute atomic E-state index is 11.3. The summed E-state index contributed by atoms with van der Waals surface area (Å²) in [6.07, 6.45) is -0.817. The first-order valence-electron chi connectivity index (χ1n) is 6.77. The van der Waals surface area contributed by atoms with E-state index in [2.05, 4.69) is 0 Å². The van der Waals surface area contributed by atoms with Crippen LogP contribution in [0.3, 0.4) is 0 Å². The molecule has 2 aliphatic rings. The van der Waals surface area contributed by atoms with Gasteiger partial charge in [0.2, 0.25) is 0 Å². The van der Waals surface area contributed by atoms with Crippen LogP contribution in [0.2, 0.25) is 0 Å². The minimum absolute atomic E-state index is 0.0506. The molecule has 0 aromatic rings. The lowest BCUT2D eigenvalue weighted by atomic mass is 10.2. The summed E-state index contributed by atoms with van der Waals surface area (Å²) in [6, 6.07) is 0. The Kier molecular flexibility index (Phi) is 8.40. The zero-order valence-corrected chi connectivity index (χ0v) is 12.7. The van der Waals surface area contributed by atoms with Crippen molar-refractivity contribution in [3.05, 3.63) is 0 Å². The van der Waals surface area contributed by atoms with Crippen molar-refractivity contribution in [1.29, 1.82) is 0 Å². The number of Topliss-reactive ketones (excluding diaryl/α,β-unsaturated/α-hetero) is 1. The number of amides is 1. The van der Waals surface area contributed by atoms with Gasteiger partial charge in [-0.2, -0.15) is 0 Å². The average Bonchev–Trinajstić information content (AvgIpc) is 2.55. The predicted octanol–water partition coefficient (Wildman–Crippen LogP) is -0.588. The average molecular weight is 305 g/mol. The Morgan fingerprint density at radius 1 is 1.00 bits per heavy atom. The number of hydroxylamine groups is 2. The van der Waals surface area contributed by atoms with Gasteiger partial charge in [-0.25, -0.2) is 5.06 Å². The summed E-state index contributed by atoms with van der Waals surface area (Å²) in [7, 11) is 2.97. The van der Waals surface area contributed by atoms with Crippen molar-refractivity contribution >= 4 is 11.7 Å². The first-order valence-corrected chi connectivity index (χ1v) is 6.77. The second-order valence-electron chi connectivity index (χ2n) is 4.50. The first kappa shape index (κ1) is 18.0. The van der Waals surface area contributed by atoms with Gasteiger partial charge in [-0.3, -0.25) is 14.4 Å². The molecule has 8 heteroatoms. The Morgan fingerprint density at radius 3 is 1.86 bits per heavy atom. The normalized spacial score (nSPS) is 25.5. The summed E-state index contributed by atoms with van der Waals surface area (Å²) in [4.78, 5) is 26.6. The number of rotatable bonds is 3. The molecule has 2 unspecified atom stereocenters. The SMILES string of the molecule is CC(=O)C1COCCO1.CON(C)C(=O)C1COCCO1. The number of ketones is 1. The van der Waals surface area contributed by atoms with Crippen LogP contribution in [0.1, 0.15) is 6.92 Å². The Balaban J connectivity index is 0.000000219. The van der Waals surface area contributed by atoms with E-state index in [-0.39, 0.29) is 17.8 Å². The lowest BCUT2D eigenvalue weighted by Gasteiger charge is -2.25. The van der Waals surface area contributed by atoms with Crippen LogP contribution >= 0.6 is 0 Å². The van der Waals surface area contributed by atoms with E-state index in [1.807, 2.05) is 0 Å². The van der Waals surface area contributed by atoms with E-state index in [0.717, 1.165) is 5.06 Å². The molecule has 2 aliphatic heterocycles. The van der Waals surface area contributed by atoms with Gasteiger partial charge < -0.3 is 18.9 Å². The molecule has 2 heterocycles. The largest absolute Gasteiger partial charge is 0.376 e. The molecule has 0 radical (unpaired) electrons. The minimum atomic E-state index is -0.510. The molecule has 0 aromatic heterocycles. The zero-order valence-electron chi connectivity index (χ0n) is 12.7. The van der Waals surface area contributed by atoms with E-state index < -0.39 is 6.10 Å². The standard InChI is InChI=1S/C7H13NO4.C6H10O3/c1-8(10-2)7(9)6-5-11-3-4-12-6;1-5(7)6-4-8-2-3-9-6/h6H,3-5H2,1-2H3;6H,2-4H2,1H3. The van der Waals surface area contributed by atoms with Crippen molar-refractivity contribution in [1.82, 2.24) is 5.06 Å². The van der Waals surface area contributed by atoms with E-state index in [1.54, 1.807) is 7.05 Å². The monoisotopic (exact) mass is 305 g/mol. The molecule has 2 fully saturated rings. The van der Waals surface area contributed by atoms with Crippen LogP contribution in [-0.2, 0) is 33.4 Å². The van der Waals surface area contributed by atoms with Gasteiger partial charge in [0.1, 0.15) is 6.10 Å². The van der Waals surface area contributed by atoms with E-state index in [9.17, 15) is 9.59 Å². The molecule has 0 N–H and O–H groups in total. The summed E-state index contributed by atoms with van der Waals surface area (Å²) in [6.45, 7) is 4.43. The number of ether oxygens (including phenoxy) is 4. The molecule has 0 spiro atoms. The molecular weight excluding hydrogens is 282 g/mol. The Morgan fingerprint density at radius 2 is 1.52 bits per heavy atom. The quantitative estimate of drug-likeness (QED) is 0.645. The van der Waals surface area contributed by atoms with Crippen LogP contribution in [0.15, 0.2) is 0 Å². The number of hydrogen-bond donors (Lipinski definition) is 0. The number of nitrogens with zero attached hydrogens (tertiary/aromatic N) is 1. The van der Waals surface area contributed by atoms with Crippen molar-refractivity contribution in [2.75, 3.05) is 53.8 Å². The second-order valence-corrected chi connectivity index (χ2v) is 4.50. The van der Waals surface area contributed by atoms with Gasteiger partial charge in [-0.05, 0) is 6.92 Å². The summed E-state index contributed by atoms with van der Waals surface area (Å²) >= 11 is 0. The van der Waals surface area contributed by atoms with E-state index >= 15 is 0 Å². The third-order valence-electron chi connectivity index (χ3n) is 2.94. The van der Waals surface area contributed by atoms with Gasteiger partial charge >= 0.3 is 0 Å². The van der Waals surface area contributed by atoms with Crippen LogP contribution in [0.4, 0.5) is 0 Å². The van der Waals surface area contributed by atoms with Crippen molar-refractivity contribution in [3.63, 3.8) is 0 Å². The van der Waals surface area contributed by atoms with Gasteiger partial charge in [0, 0.05) is 7.05 Å². The summed E-state index contributed by atoms with van der Waals surface area (Å²) in [5.41, 5.74) is 0. The minimum Gasteiger partial charge on any atom is -0.376 e. The lowest BCUT2D eigenvalue weighted by Crippen LogP contribution is -2.43. The highest BCUT2D eigenvalue weighted by Gasteiger charge is 2.25. The van der Waals surface area contributed by atoms with Gasteiger partial charge in [-0.15, -0.1) is 0 Å². The predicted molar refractivity (Wildman–Crippen MR) is 71.6 cm³/mol. The maximum Gasteiger partial charge on any atom is 0.277 e. The molecular formula is C13H23NO7. The third-order valence-corrected chi connectivity index (χ3v) is 2.94. The summed E-state index contributed by atoms with van der Waals surface area (Å²) in [5.74, 6) is -0.160. The molecule has 0 saturated carbocycles.